The van der Waals surface area contributed by atoms with Crippen LogP contribution in [0.4, 0.5) is 5.69 Å². The van der Waals surface area contributed by atoms with E-state index < -0.39 is 0 Å². The molecule has 1 heterocycles. The van der Waals surface area contributed by atoms with E-state index in [1.54, 1.807) is 6.92 Å². The van der Waals surface area contributed by atoms with E-state index in [0.717, 1.165) is 25.1 Å². The molecular formula is C11H12INO. The summed E-state index contributed by atoms with van der Waals surface area (Å²) in [6, 6.07) is 6.28. The Hall–Kier alpha value is -0.580. The predicted octanol–water partition coefficient (Wildman–Crippen LogP) is 2.59. The van der Waals surface area contributed by atoms with Crippen molar-refractivity contribution in [2.75, 3.05) is 11.4 Å². The molecule has 1 aliphatic heterocycles. The van der Waals surface area contributed by atoms with E-state index in [1.165, 1.54) is 9.13 Å². The van der Waals surface area contributed by atoms with Crippen molar-refractivity contribution in [3.8, 4) is 0 Å². The summed E-state index contributed by atoms with van der Waals surface area (Å²) in [7, 11) is 0. The lowest BCUT2D eigenvalue weighted by Crippen LogP contribution is -2.33. The molecule has 0 aromatic heterocycles. The van der Waals surface area contributed by atoms with E-state index in [4.69, 9.17) is 0 Å². The van der Waals surface area contributed by atoms with Gasteiger partial charge in [0.05, 0.1) is 0 Å². The summed E-state index contributed by atoms with van der Waals surface area (Å²) >= 11 is 2.31. The first-order valence-electron chi connectivity index (χ1n) is 4.75. The van der Waals surface area contributed by atoms with Crippen LogP contribution in [-0.2, 0) is 11.2 Å². The Bertz CT molecular complexity index is 376. The highest BCUT2D eigenvalue weighted by molar-refractivity contribution is 14.1. The summed E-state index contributed by atoms with van der Waals surface area (Å²) in [5.74, 6) is 0.146. The molecule has 0 N–H and O–H groups in total. The minimum Gasteiger partial charge on any atom is -0.312 e. The molecule has 0 bridgehead atoms. The van der Waals surface area contributed by atoms with E-state index in [1.807, 2.05) is 4.90 Å². The average Bonchev–Trinajstić information content (AvgIpc) is 2.16. The topological polar surface area (TPSA) is 20.3 Å². The summed E-state index contributed by atoms with van der Waals surface area (Å²) in [5, 5.41) is 0. The number of rotatable bonds is 0. The molecule has 1 aromatic carbocycles. The summed E-state index contributed by atoms with van der Waals surface area (Å²) in [6.45, 7) is 2.50. The number of aryl methyl sites for hydroxylation is 1. The fourth-order valence-corrected chi connectivity index (χ4v) is 2.45. The van der Waals surface area contributed by atoms with Crippen LogP contribution in [0.1, 0.15) is 18.9 Å². The zero-order chi connectivity index (χ0) is 10.1. The first-order chi connectivity index (χ1) is 6.68. The highest BCUT2D eigenvalue weighted by atomic mass is 127. The van der Waals surface area contributed by atoms with Gasteiger partial charge in [0.2, 0.25) is 5.91 Å². The molecule has 0 radical (unpaired) electrons. The van der Waals surface area contributed by atoms with Crippen LogP contribution in [-0.4, -0.2) is 12.5 Å². The Kier molecular flexibility index (Phi) is 2.76. The smallest absolute Gasteiger partial charge is 0.223 e. The fourth-order valence-electron chi connectivity index (χ4n) is 1.89. The maximum atomic E-state index is 11.4. The minimum atomic E-state index is 0.146. The Morgan fingerprint density at radius 3 is 3.00 bits per heavy atom. The molecule has 0 fully saturated rings. The molecule has 1 aromatic rings. The first-order valence-corrected chi connectivity index (χ1v) is 5.83. The number of hydrogen-bond donors (Lipinski definition) is 0. The number of hydrogen-bond acceptors (Lipinski definition) is 1. The third kappa shape index (κ3) is 1.78. The van der Waals surface area contributed by atoms with E-state index >= 15 is 0 Å². The molecule has 0 unspecified atom stereocenters. The predicted molar refractivity (Wildman–Crippen MR) is 65.5 cm³/mol. The number of anilines is 1. The summed E-state index contributed by atoms with van der Waals surface area (Å²) in [5.41, 5.74) is 2.41. The highest BCUT2D eigenvalue weighted by Gasteiger charge is 2.19. The Labute approximate surface area is 97.4 Å². The van der Waals surface area contributed by atoms with Crippen LogP contribution in [0.2, 0.25) is 0 Å². The summed E-state index contributed by atoms with van der Waals surface area (Å²) in [6.07, 6.45) is 2.17. The van der Waals surface area contributed by atoms with Gasteiger partial charge in [0, 0.05) is 22.7 Å². The van der Waals surface area contributed by atoms with Gasteiger partial charge in [-0.25, -0.2) is 0 Å². The molecule has 1 amide bonds. The minimum absolute atomic E-state index is 0.146. The third-order valence-corrected chi connectivity index (χ3v) is 3.21. The van der Waals surface area contributed by atoms with Crippen LogP contribution < -0.4 is 4.90 Å². The van der Waals surface area contributed by atoms with Crippen molar-refractivity contribution in [3.05, 3.63) is 27.3 Å². The van der Waals surface area contributed by atoms with Gasteiger partial charge in [0.15, 0.2) is 0 Å². The maximum absolute atomic E-state index is 11.4. The SMILES string of the molecule is CC(=O)N1CCCc2cc(I)ccc21. The van der Waals surface area contributed by atoms with Gasteiger partial charge in [-0.15, -0.1) is 0 Å². The highest BCUT2D eigenvalue weighted by Crippen LogP contribution is 2.28. The second-order valence-corrected chi connectivity index (χ2v) is 4.79. The lowest BCUT2D eigenvalue weighted by Gasteiger charge is -2.28. The molecule has 3 heteroatoms. The maximum Gasteiger partial charge on any atom is 0.223 e. The van der Waals surface area contributed by atoms with Crippen molar-refractivity contribution >= 4 is 34.2 Å². The molecule has 2 nitrogen and oxygen atoms in total. The fraction of sp³-hybridized carbons (Fsp3) is 0.364. The van der Waals surface area contributed by atoms with Crippen molar-refractivity contribution in [3.63, 3.8) is 0 Å². The third-order valence-electron chi connectivity index (χ3n) is 2.54. The van der Waals surface area contributed by atoms with Gasteiger partial charge >= 0.3 is 0 Å². The second-order valence-electron chi connectivity index (χ2n) is 3.55. The molecule has 0 aliphatic carbocycles. The first kappa shape index (κ1) is 9.96. The lowest BCUT2D eigenvalue weighted by molar-refractivity contribution is -0.116. The van der Waals surface area contributed by atoms with Crippen molar-refractivity contribution in [2.45, 2.75) is 19.8 Å². The molecule has 14 heavy (non-hydrogen) atoms. The molecule has 1 aliphatic rings. The average molecular weight is 301 g/mol. The number of carbonyl (C=O) groups is 1. The van der Waals surface area contributed by atoms with Crippen molar-refractivity contribution in [1.29, 1.82) is 0 Å². The monoisotopic (exact) mass is 301 g/mol. The number of benzene rings is 1. The number of carbonyl (C=O) groups excluding carboxylic acids is 1. The quantitative estimate of drug-likeness (QED) is 0.675. The zero-order valence-electron chi connectivity index (χ0n) is 8.09. The standard InChI is InChI=1S/C11H12INO/c1-8(14)13-6-2-3-9-7-10(12)4-5-11(9)13/h4-5,7H,2-3,6H2,1H3. The van der Waals surface area contributed by atoms with E-state index in [0.29, 0.717) is 0 Å². The number of halogens is 1. The molecule has 2 rings (SSSR count). The molecule has 0 atom stereocenters. The molecule has 0 saturated carbocycles. The van der Waals surface area contributed by atoms with Crippen molar-refractivity contribution < 1.29 is 4.79 Å². The molecule has 0 saturated heterocycles. The number of fused-ring (bicyclic) bond motifs is 1. The van der Waals surface area contributed by atoms with E-state index in [-0.39, 0.29) is 5.91 Å². The largest absolute Gasteiger partial charge is 0.312 e. The number of amides is 1. The number of nitrogens with zero attached hydrogens (tertiary/aromatic N) is 1. The van der Waals surface area contributed by atoms with Crippen molar-refractivity contribution in [2.24, 2.45) is 0 Å². The summed E-state index contributed by atoms with van der Waals surface area (Å²) in [4.78, 5) is 13.2. The molecule has 74 valence electrons. The van der Waals surface area contributed by atoms with Crippen LogP contribution in [0, 0.1) is 3.57 Å². The van der Waals surface area contributed by atoms with E-state index in [9.17, 15) is 4.79 Å². The Morgan fingerprint density at radius 2 is 2.29 bits per heavy atom. The Morgan fingerprint density at radius 1 is 1.50 bits per heavy atom. The van der Waals surface area contributed by atoms with E-state index in [2.05, 4.69) is 40.8 Å². The van der Waals surface area contributed by atoms with Crippen molar-refractivity contribution in [1.82, 2.24) is 0 Å². The Balaban J connectivity index is 2.44. The van der Waals surface area contributed by atoms with Crippen LogP contribution in [0.25, 0.3) is 0 Å². The summed E-state index contributed by atoms with van der Waals surface area (Å²) < 4.78 is 1.24. The molecular weight excluding hydrogens is 289 g/mol. The van der Waals surface area contributed by atoms with Gasteiger partial charge in [-0.05, 0) is 59.2 Å². The van der Waals surface area contributed by atoms with Crippen LogP contribution in [0.5, 0.6) is 0 Å². The van der Waals surface area contributed by atoms with Gasteiger partial charge in [0.1, 0.15) is 0 Å². The van der Waals surface area contributed by atoms with Gasteiger partial charge in [-0.3, -0.25) is 4.79 Å². The van der Waals surface area contributed by atoms with Crippen LogP contribution >= 0.6 is 22.6 Å². The lowest BCUT2D eigenvalue weighted by atomic mass is 10.0. The van der Waals surface area contributed by atoms with Crippen LogP contribution in [0.3, 0.4) is 0 Å². The van der Waals surface area contributed by atoms with Crippen LogP contribution in [0.15, 0.2) is 18.2 Å². The van der Waals surface area contributed by atoms with Gasteiger partial charge in [0.25, 0.3) is 0 Å². The second kappa shape index (κ2) is 3.88. The zero-order valence-corrected chi connectivity index (χ0v) is 10.2. The normalized spacial score (nSPS) is 15.1. The van der Waals surface area contributed by atoms with Gasteiger partial charge in [-0.2, -0.15) is 0 Å². The van der Waals surface area contributed by atoms with Gasteiger partial charge < -0.3 is 4.90 Å². The van der Waals surface area contributed by atoms with Gasteiger partial charge in [-0.1, -0.05) is 0 Å². The molecule has 0 spiro atoms.